The van der Waals surface area contributed by atoms with Crippen LogP contribution in [0.4, 0.5) is 11.4 Å². The van der Waals surface area contributed by atoms with Crippen LogP contribution in [0.5, 0.6) is 0 Å². The minimum Gasteiger partial charge on any atom is -0.322 e. The first-order valence-electron chi connectivity index (χ1n) is 8.41. The summed E-state index contributed by atoms with van der Waals surface area (Å²) in [5.41, 5.74) is 3.39. The molecule has 6 heteroatoms. The first-order chi connectivity index (χ1) is 12.8. The molecule has 0 unspecified atom stereocenters. The quantitative estimate of drug-likeness (QED) is 0.691. The van der Waals surface area contributed by atoms with Crippen LogP contribution in [0.2, 0.25) is 0 Å². The van der Waals surface area contributed by atoms with Gasteiger partial charge in [-0.25, -0.2) is 8.42 Å². The molecule has 0 radical (unpaired) electrons. The lowest BCUT2D eigenvalue weighted by molar-refractivity contribution is 0.102. The van der Waals surface area contributed by atoms with Gasteiger partial charge in [0, 0.05) is 11.3 Å². The molecule has 0 aliphatic rings. The maximum absolute atomic E-state index is 12.5. The number of sulfonamides is 1. The Kier molecular flexibility index (Phi) is 5.28. The molecule has 138 valence electrons. The molecular formula is C21H20N2O3S. The average molecular weight is 380 g/mol. The number of hydrogen-bond acceptors (Lipinski definition) is 3. The summed E-state index contributed by atoms with van der Waals surface area (Å²) in [6, 6.07) is 20.4. The van der Waals surface area contributed by atoms with Crippen LogP contribution in [-0.4, -0.2) is 14.3 Å². The highest BCUT2D eigenvalue weighted by Crippen LogP contribution is 2.20. The number of nitrogens with one attached hydrogen (secondary N) is 2. The van der Waals surface area contributed by atoms with Crippen molar-refractivity contribution in [1.29, 1.82) is 0 Å². The van der Waals surface area contributed by atoms with Gasteiger partial charge in [0.05, 0.1) is 10.6 Å². The first kappa shape index (κ1) is 18.7. The molecular weight excluding hydrogens is 360 g/mol. The van der Waals surface area contributed by atoms with Crippen LogP contribution in [0.25, 0.3) is 0 Å². The molecule has 0 saturated carbocycles. The van der Waals surface area contributed by atoms with Gasteiger partial charge in [-0.2, -0.15) is 0 Å². The molecule has 0 aromatic heterocycles. The van der Waals surface area contributed by atoms with Crippen molar-refractivity contribution in [2.24, 2.45) is 0 Å². The molecule has 0 saturated heterocycles. The highest BCUT2D eigenvalue weighted by atomic mass is 32.2. The Morgan fingerprint density at radius 1 is 0.778 bits per heavy atom. The molecule has 3 aromatic rings. The lowest BCUT2D eigenvalue weighted by atomic mass is 10.1. The van der Waals surface area contributed by atoms with Gasteiger partial charge in [0.2, 0.25) is 0 Å². The lowest BCUT2D eigenvalue weighted by Crippen LogP contribution is -2.14. The number of carbonyl (C=O) groups excluding carboxylic acids is 1. The van der Waals surface area contributed by atoms with Crippen molar-refractivity contribution in [3.05, 3.63) is 89.5 Å². The van der Waals surface area contributed by atoms with Gasteiger partial charge in [-0.15, -0.1) is 0 Å². The number of hydrogen-bond donors (Lipinski definition) is 2. The Bertz CT molecular complexity index is 1070. The maximum Gasteiger partial charge on any atom is 0.261 e. The lowest BCUT2D eigenvalue weighted by Gasteiger charge is -2.11. The molecule has 0 fully saturated rings. The van der Waals surface area contributed by atoms with Gasteiger partial charge in [-0.1, -0.05) is 41.5 Å². The second-order valence-electron chi connectivity index (χ2n) is 6.32. The van der Waals surface area contributed by atoms with Crippen molar-refractivity contribution in [2.45, 2.75) is 18.7 Å². The van der Waals surface area contributed by atoms with Gasteiger partial charge in [0.1, 0.15) is 0 Å². The van der Waals surface area contributed by atoms with Crippen LogP contribution >= 0.6 is 0 Å². The van der Waals surface area contributed by atoms with Gasteiger partial charge in [0.15, 0.2) is 0 Å². The third-order valence-corrected chi connectivity index (χ3v) is 5.38. The van der Waals surface area contributed by atoms with E-state index in [9.17, 15) is 13.2 Å². The van der Waals surface area contributed by atoms with Crippen molar-refractivity contribution >= 4 is 27.3 Å². The highest BCUT2D eigenvalue weighted by molar-refractivity contribution is 7.92. The van der Waals surface area contributed by atoms with Gasteiger partial charge in [-0.05, 0) is 56.3 Å². The number of carbonyl (C=O) groups is 1. The topological polar surface area (TPSA) is 75.3 Å². The second-order valence-corrected chi connectivity index (χ2v) is 8.01. The normalized spacial score (nSPS) is 11.0. The zero-order valence-corrected chi connectivity index (χ0v) is 15.9. The standard InChI is InChI=1S/C21H20N2O3S/c1-15-9-11-20(12-10-15)27(25,26)23-19-8-4-7-18(14-19)22-21(24)17-6-3-5-16(2)13-17/h3-14,23H,1-2H3,(H,22,24). The van der Waals surface area contributed by atoms with Crippen LogP contribution < -0.4 is 10.0 Å². The Balaban J connectivity index is 1.77. The summed E-state index contributed by atoms with van der Waals surface area (Å²) in [6.07, 6.45) is 0. The third-order valence-electron chi connectivity index (χ3n) is 3.98. The summed E-state index contributed by atoms with van der Waals surface area (Å²) < 4.78 is 27.6. The Labute approximate surface area is 159 Å². The summed E-state index contributed by atoms with van der Waals surface area (Å²) in [7, 11) is -3.70. The SMILES string of the molecule is Cc1ccc(S(=O)(=O)Nc2cccc(NC(=O)c3cccc(C)c3)c2)cc1. The molecule has 5 nitrogen and oxygen atoms in total. The predicted octanol–water partition coefficient (Wildman–Crippen LogP) is 4.36. The van der Waals surface area contributed by atoms with Crippen molar-refractivity contribution in [2.75, 3.05) is 10.0 Å². The van der Waals surface area contributed by atoms with Crippen molar-refractivity contribution < 1.29 is 13.2 Å². The van der Waals surface area contributed by atoms with Crippen LogP contribution in [0.15, 0.2) is 77.7 Å². The molecule has 0 heterocycles. The van der Waals surface area contributed by atoms with Crippen molar-refractivity contribution in [3.63, 3.8) is 0 Å². The smallest absolute Gasteiger partial charge is 0.261 e. The van der Waals surface area contributed by atoms with Gasteiger partial charge < -0.3 is 5.32 Å². The van der Waals surface area contributed by atoms with E-state index in [1.54, 1.807) is 60.7 Å². The van der Waals surface area contributed by atoms with Crippen molar-refractivity contribution in [3.8, 4) is 0 Å². The largest absolute Gasteiger partial charge is 0.322 e. The predicted molar refractivity (Wildman–Crippen MR) is 108 cm³/mol. The van der Waals surface area contributed by atoms with E-state index in [0.29, 0.717) is 16.9 Å². The Morgan fingerprint density at radius 2 is 1.44 bits per heavy atom. The molecule has 2 N–H and O–H groups in total. The zero-order valence-electron chi connectivity index (χ0n) is 15.1. The Morgan fingerprint density at radius 3 is 2.15 bits per heavy atom. The zero-order chi connectivity index (χ0) is 19.4. The maximum atomic E-state index is 12.5. The van der Waals surface area contributed by atoms with E-state index >= 15 is 0 Å². The number of amides is 1. The average Bonchev–Trinajstić information content (AvgIpc) is 2.62. The van der Waals surface area contributed by atoms with Crippen LogP contribution in [0.1, 0.15) is 21.5 Å². The minimum atomic E-state index is -3.70. The summed E-state index contributed by atoms with van der Waals surface area (Å²) in [5, 5.41) is 2.79. The fourth-order valence-electron chi connectivity index (χ4n) is 2.58. The molecule has 0 spiro atoms. The van der Waals surface area contributed by atoms with E-state index in [0.717, 1.165) is 11.1 Å². The molecule has 1 amide bonds. The number of anilines is 2. The summed E-state index contributed by atoms with van der Waals surface area (Å²) in [4.78, 5) is 12.5. The number of benzene rings is 3. The molecule has 0 aliphatic heterocycles. The van der Waals surface area contributed by atoms with Crippen LogP contribution in [0.3, 0.4) is 0 Å². The van der Waals surface area contributed by atoms with Crippen LogP contribution in [-0.2, 0) is 10.0 Å². The second kappa shape index (κ2) is 7.63. The van der Waals surface area contributed by atoms with Crippen molar-refractivity contribution in [1.82, 2.24) is 0 Å². The third kappa shape index (κ3) is 4.74. The fraction of sp³-hybridized carbons (Fsp3) is 0.0952. The first-order valence-corrected chi connectivity index (χ1v) is 9.89. The van der Waals surface area contributed by atoms with E-state index < -0.39 is 10.0 Å². The number of rotatable bonds is 5. The molecule has 0 bridgehead atoms. The van der Waals surface area contributed by atoms with E-state index in [1.165, 1.54) is 0 Å². The molecule has 0 atom stereocenters. The highest BCUT2D eigenvalue weighted by Gasteiger charge is 2.14. The minimum absolute atomic E-state index is 0.183. The van der Waals surface area contributed by atoms with E-state index in [2.05, 4.69) is 10.0 Å². The number of aryl methyl sites for hydroxylation is 2. The van der Waals surface area contributed by atoms with Gasteiger partial charge in [0.25, 0.3) is 15.9 Å². The van der Waals surface area contributed by atoms with Gasteiger partial charge >= 0.3 is 0 Å². The molecule has 3 aromatic carbocycles. The molecule has 27 heavy (non-hydrogen) atoms. The summed E-state index contributed by atoms with van der Waals surface area (Å²) in [5.74, 6) is -0.253. The molecule has 3 rings (SSSR count). The monoisotopic (exact) mass is 380 g/mol. The van der Waals surface area contributed by atoms with Crippen LogP contribution in [0, 0.1) is 13.8 Å². The summed E-state index contributed by atoms with van der Waals surface area (Å²) >= 11 is 0. The Hall–Kier alpha value is -3.12. The van der Waals surface area contributed by atoms with E-state index in [-0.39, 0.29) is 10.8 Å². The van der Waals surface area contributed by atoms with E-state index in [1.807, 2.05) is 26.0 Å². The van der Waals surface area contributed by atoms with Gasteiger partial charge in [-0.3, -0.25) is 9.52 Å². The molecule has 0 aliphatic carbocycles. The fourth-order valence-corrected chi connectivity index (χ4v) is 3.63. The van der Waals surface area contributed by atoms with E-state index in [4.69, 9.17) is 0 Å². The summed E-state index contributed by atoms with van der Waals surface area (Å²) in [6.45, 7) is 3.81.